The molecule has 0 spiro atoms. The Kier molecular flexibility index (Phi) is 4.57. The van der Waals surface area contributed by atoms with E-state index in [0.29, 0.717) is 12.1 Å². The number of benzene rings is 1. The van der Waals surface area contributed by atoms with Crippen molar-refractivity contribution in [3.8, 4) is 0 Å². The number of aliphatic hydroxyl groups is 1. The summed E-state index contributed by atoms with van der Waals surface area (Å²) >= 11 is 0. The van der Waals surface area contributed by atoms with Crippen LogP contribution < -0.4 is 10.5 Å². The number of fused-ring (bicyclic) bond motifs is 1. The molecule has 0 aliphatic rings. The fourth-order valence-corrected chi connectivity index (χ4v) is 2.49. The number of hydrogen-bond acceptors (Lipinski definition) is 3. The molecule has 2 aromatic rings. The Balaban J connectivity index is 2.53. The predicted octanol–water partition coefficient (Wildman–Crippen LogP) is 0.807. The van der Waals surface area contributed by atoms with Gasteiger partial charge in [-0.2, -0.15) is 0 Å². The van der Waals surface area contributed by atoms with Crippen molar-refractivity contribution in [3.05, 3.63) is 45.3 Å². The minimum absolute atomic E-state index is 0.153. The van der Waals surface area contributed by atoms with Crippen LogP contribution in [0.1, 0.15) is 23.6 Å². The van der Waals surface area contributed by atoms with Gasteiger partial charge in [-0.25, -0.2) is 4.79 Å². The van der Waals surface area contributed by atoms with Crippen LogP contribution in [-0.4, -0.2) is 24.8 Å². The maximum atomic E-state index is 11.8. The number of likely N-dealkylation sites (N-methyl/N-ethyl adjacent to an activating group) is 1. The number of rotatable bonds is 5. The molecule has 0 saturated heterocycles. The van der Waals surface area contributed by atoms with Crippen LogP contribution in [0, 0.1) is 13.8 Å². The molecule has 2 rings (SSSR count). The predicted molar refractivity (Wildman–Crippen MR) is 79.1 cm³/mol. The molecule has 0 bridgehead atoms. The highest BCUT2D eigenvalue weighted by atomic mass is 16.4. The summed E-state index contributed by atoms with van der Waals surface area (Å²) in [6, 6.07) is 5.64. The van der Waals surface area contributed by atoms with E-state index in [1.54, 1.807) is 6.07 Å². The van der Waals surface area contributed by atoms with Crippen LogP contribution in [0.3, 0.4) is 0 Å². The van der Waals surface area contributed by atoms with Crippen LogP contribution >= 0.6 is 0 Å². The summed E-state index contributed by atoms with van der Waals surface area (Å²) < 4.78 is 5.37. The second-order valence-corrected chi connectivity index (χ2v) is 5.23. The summed E-state index contributed by atoms with van der Waals surface area (Å²) in [6.07, 6.45) is 0. The van der Waals surface area contributed by atoms with Crippen LogP contribution in [0.5, 0.6) is 0 Å². The highest BCUT2D eigenvalue weighted by Gasteiger charge is 2.13. The zero-order valence-corrected chi connectivity index (χ0v) is 12.3. The third-order valence-electron chi connectivity index (χ3n) is 3.92. The first-order chi connectivity index (χ1) is 9.56. The van der Waals surface area contributed by atoms with Crippen LogP contribution in [0.25, 0.3) is 11.0 Å². The van der Waals surface area contributed by atoms with E-state index < -0.39 is 0 Å². The van der Waals surface area contributed by atoms with Crippen molar-refractivity contribution in [3.63, 3.8) is 0 Å². The summed E-state index contributed by atoms with van der Waals surface area (Å²) in [4.78, 5) is 13.0. The Labute approximate surface area is 118 Å². The summed E-state index contributed by atoms with van der Waals surface area (Å²) in [6.45, 7) is 8.53. The van der Waals surface area contributed by atoms with Crippen molar-refractivity contribution < 1.29 is 14.4 Å². The van der Waals surface area contributed by atoms with E-state index in [1.165, 1.54) is 4.90 Å². The summed E-state index contributed by atoms with van der Waals surface area (Å²) in [5, 5.41) is 10.1. The third kappa shape index (κ3) is 2.92. The van der Waals surface area contributed by atoms with Crippen LogP contribution in [0.15, 0.2) is 27.4 Å². The second kappa shape index (κ2) is 6.20. The molecule has 20 heavy (non-hydrogen) atoms. The van der Waals surface area contributed by atoms with E-state index in [-0.39, 0.29) is 12.2 Å². The van der Waals surface area contributed by atoms with Gasteiger partial charge in [0.25, 0.3) is 0 Å². The molecule has 0 radical (unpaired) electrons. The molecule has 0 aliphatic carbocycles. The lowest BCUT2D eigenvalue weighted by molar-refractivity contribution is -0.912. The lowest BCUT2D eigenvalue weighted by Gasteiger charge is -2.17. The standard InChI is InChI=1S/C16H21NO3/c1-4-17(7-8-18)10-13-9-15(19)20-16-12(3)11(2)5-6-14(13)16/h5-6,9,18H,4,7-8,10H2,1-3H3/p+1. The van der Waals surface area contributed by atoms with E-state index in [2.05, 4.69) is 13.0 Å². The zero-order valence-electron chi connectivity index (χ0n) is 12.3. The Hall–Kier alpha value is -1.65. The number of nitrogens with one attached hydrogen (secondary N) is 1. The summed E-state index contributed by atoms with van der Waals surface area (Å²) in [5.41, 5.74) is 3.51. The minimum atomic E-state index is -0.305. The maximum Gasteiger partial charge on any atom is 0.336 e. The van der Waals surface area contributed by atoms with Crippen LogP contribution in [0.4, 0.5) is 0 Å². The van der Waals surface area contributed by atoms with Crippen molar-refractivity contribution >= 4 is 11.0 Å². The molecule has 1 atom stereocenters. The molecule has 1 aromatic carbocycles. The average molecular weight is 276 g/mol. The molecular weight excluding hydrogens is 254 g/mol. The number of aliphatic hydroxyl groups excluding tert-OH is 1. The molecule has 0 amide bonds. The number of quaternary nitrogens is 1. The first-order valence-corrected chi connectivity index (χ1v) is 7.04. The van der Waals surface area contributed by atoms with Crippen molar-refractivity contribution in [1.82, 2.24) is 0 Å². The molecule has 4 heteroatoms. The first kappa shape index (κ1) is 14.8. The van der Waals surface area contributed by atoms with Gasteiger partial charge in [-0.3, -0.25) is 0 Å². The van der Waals surface area contributed by atoms with Gasteiger partial charge >= 0.3 is 5.63 Å². The van der Waals surface area contributed by atoms with Crippen molar-refractivity contribution in [1.29, 1.82) is 0 Å². The summed E-state index contributed by atoms with van der Waals surface area (Å²) in [5.74, 6) is 0. The SMILES string of the molecule is CC[NH+](CCO)Cc1cc(=O)oc2c(C)c(C)ccc12. The van der Waals surface area contributed by atoms with Gasteiger partial charge in [0.05, 0.1) is 13.2 Å². The molecule has 0 aliphatic heterocycles. The Morgan fingerprint density at radius 1 is 1.30 bits per heavy atom. The quantitative estimate of drug-likeness (QED) is 0.795. The molecule has 108 valence electrons. The molecular formula is C16H22NO3+. The third-order valence-corrected chi connectivity index (χ3v) is 3.92. The van der Waals surface area contributed by atoms with Crippen molar-refractivity contribution in [2.45, 2.75) is 27.3 Å². The average Bonchev–Trinajstić information content (AvgIpc) is 2.42. The smallest absolute Gasteiger partial charge is 0.336 e. The second-order valence-electron chi connectivity index (χ2n) is 5.23. The number of hydrogen-bond donors (Lipinski definition) is 2. The minimum Gasteiger partial charge on any atom is -0.422 e. The zero-order chi connectivity index (χ0) is 14.7. The maximum absolute atomic E-state index is 11.8. The van der Waals surface area contributed by atoms with E-state index in [4.69, 9.17) is 9.52 Å². The Bertz CT molecular complexity index is 661. The molecule has 0 saturated carbocycles. The molecule has 1 aromatic heterocycles. The van der Waals surface area contributed by atoms with Gasteiger partial charge in [-0.15, -0.1) is 0 Å². The normalized spacial score (nSPS) is 12.8. The van der Waals surface area contributed by atoms with Crippen molar-refractivity contribution in [2.24, 2.45) is 0 Å². The Morgan fingerprint density at radius 2 is 2.05 bits per heavy atom. The topological polar surface area (TPSA) is 54.9 Å². The largest absolute Gasteiger partial charge is 0.422 e. The van der Waals surface area contributed by atoms with Gasteiger partial charge in [0, 0.05) is 17.0 Å². The fraction of sp³-hybridized carbons (Fsp3) is 0.438. The van der Waals surface area contributed by atoms with Gasteiger partial charge in [0.1, 0.15) is 18.7 Å². The van der Waals surface area contributed by atoms with Gasteiger partial charge in [-0.1, -0.05) is 12.1 Å². The molecule has 1 unspecified atom stereocenters. The lowest BCUT2D eigenvalue weighted by Crippen LogP contribution is -3.10. The first-order valence-electron chi connectivity index (χ1n) is 7.04. The molecule has 2 N–H and O–H groups in total. The van der Waals surface area contributed by atoms with Gasteiger partial charge in [-0.05, 0) is 31.9 Å². The van der Waals surface area contributed by atoms with Gasteiger partial charge in [0.2, 0.25) is 0 Å². The summed E-state index contributed by atoms with van der Waals surface area (Å²) in [7, 11) is 0. The van der Waals surface area contributed by atoms with Crippen molar-refractivity contribution in [2.75, 3.05) is 19.7 Å². The van der Waals surface area contributed by atoms with Crippen LogP contribution in [0.2, 0.25) is 0 Å². The lowest BCUT2D eigenvalue weighted by atomic mass is 10.0. The fourth-order valence-electron chi connectivity index (χ4n) is 2.49. The number of aryl methyl sites for hydroxylation is 2. The van der Waals surface area contributed by atoms with Crippen LogP contribution in [-0.2, 0) is 6.54 Å². The van der Waals surface area contributed by atoms with E-state index >= 15 is 0 Å². The monoisotopic (exact) mass is 276 g/mol. The molecule has 1 heterocycles. The Morgan fingerprint density at radius 3 is 2.70 bits per heavy atom. The van der Waals surface area contributed by atoms with E-state index in [1.807, 2.05) is 19.9 Å². The highest BCUT2D eigenvalue weighted by Crippen LogP contribution is 2.22. The van der Waals surface area contributed by atoms with E-state index in [0.717, 1.165) is 35.2 Å². The van der Waals surface area contributed by atoms with E-state index in [9.17, 15) is 4.79 Å². The van der Waals surface area contributed by atoms with Gasteiger partial charge in [0.15, 0.2) is 0 Å². The highest BCUT2D eigenvalue weighted by molar-refractivity contribution is 5.83. The molecule has 4 nitrogen and oxygen atoms in total. The van der Waals surface area contributed by atoms with Gasteiger partial charge < -0.3 is 14.4 Å². The molecule has 0 fully saturated rings.